The summed E-state index contributed by atoms with van der Waals surface area (Å²) in [5.74, 6) is 0.684. The van der Waals surface area contributed by atoms with Gasteiger partial charge in [-0.3, -0.25) is 4.79 Å². The van der Waals surface area contributed by atoms with Crippen LogP contribution in [0.15, 0.2) is 42.5 Å². The Bertz CT molecular complexity index is 621. The van der Waals surface area contributed by atoms with Crippen LogP contribution in [0, 0.1) is 0 Å². The topological polar surface area (TPSA) is 47.6 Å². The van der Waals surface area contributed by atoms with Gasteiger partial charge in [-0.25, -0.2) is 0 Å². The number of rotatable bonds is 5. The maximum atomic E-state index is 12.6. The minimum Gasteiger partial charge on any atom is -0.496 e. The first-order chi connectivity index (χ1) is 10.2. The number of amides is 1. The second-order valence-electron chi connectivity index (χ2n) is 4.28. The van der Waals surface area contributed by atoms with Crippen LogP contribution in [0.2, 0.25) is 0 Å². The number of anilines is 1. The van der Waals surface area contributed by atoms with Gasteiger partial charge in [0.25, 0.3) is 5.91 Å². The van der Waals surface area contributed by atoms with Crippen molar-refractivity contribution in [2.24, 2.45) is 0 Å². The van der Waals surface area contributed by atoms with Gasteiger partial charge in [0.15, 0.2) is 0 Å². The van der Waals surface area contributed by atoms with E-state index in [9.17, 15) is 4.79 Å². The molecule has 21 heavy (non-hydrogen) atoms. The van der Waals surface area contributed by atoms with Crippen LogP contribution in [0.5, 0.6) is 11.5 Å². The summed E-state index contributed by atoms with van der Waals surface area (Å²) in [5.41, 5.74) is 2.14. The molecular formula is C16H16BrNO3. The van der Waals surface area contributed by atoms with E-state index in [1.165, 1.54) is 14.2 Å². The highest BCUT2D eigenvalue weighted by Gasteiger charge is 2.18. The number of halogens is 1. The average Bonchev–Trinajstić information content (AvgIpc) is 2.54. The Morgan fingerprint density at radius 3 is 2.24 bits per heavy atom. The second-order valence-corrected chi connectivity index (χ2v) is 4.84. The molecule has 0 atom stereocenters. The molecule has 110 valence electrons. The Morgan fingerprint density at radius 1 is 1.05 bits per heavy atom. The summed E-state index contributed by atoms with van der Waals surface area (Å²) in [5, 5.41) is 3.56. The standard InChI is InChI=1S/C16H16BrNO3/c1-20-13-8-5-9-14(21-2)15(13)16(19)18-12-7-4-3-6-11(12)10-17/h3-9H,10H2,1-2H3,(H,18,19). The van der Waals surface area contributed by atoms with E-state index in [2.05, 4.69) is 21.2 Å². The fourth-order valence-electron chi connectivity index (χ4n) is 2.02. The second kappa shape index (κ2) is 7.13. The predicted molar refractivity (Wildman–Crippen MR) is 86.6 cm³/mol. The van der Waals surface area contributed by atoms with Crippen LogP contribution in [0.25, 0.3) is 0 Å². The number of alkyl halides is 1. The summed E-state index contributed by atoms with van der Waals surface area (Å²) >= 11 is 3.41. The third-order valence-corrected chi connectivity index (χ3v) is 3.67. The van der Waals surface area contributed by atoms with E-state index in [1.54, 1.807) is 18.2 Å². The zero-order valence-electron chi connectivity index (χ0n) is 11.9. The van der Waals surface area contributed by atoms with Gasteiger partial charge in [-0.05, 0) is 23.8 Å². The molecule has 0 radical (unpaired) electrons. The number of carbonyl (C=O) groups is 1. The van der Waals surface area contributed by atoms with Crippen LogP contribution >= 0.6 is 15.9 Å². The van der Waals surface area contributed by atoms with Crippen LogP contribution in [0.3, 0.4) is 0 Å². The van der Waals surface area contributed by atoms with Crippen LogP contribution in [-0.2, 0) is 5.33 Å². The molecule has 1 amide bonds. The summed E-state index contributed by atoms with van der Waals surface area (Å²) in [4.78, 5) is 12.6. The Kier molecular flexibility index (Phi) is 5.22. The van der Waals surface area contributed by atoms with Gasteiger partial charge in [-0.15, -0.1) is 0 Å². The molecule has 0 unspecified atom stereocenters. The number of carbonyl (C=O) groups excluding carboxylic acids is 1. The van der Waals surface area contributed by atoms with E-state index in [-0.39, 0.29) is 5.91 Å². The number of hydrogen-bond acceptors (Lipinski definition) is 3. The van der Waals surface area contributed by atoms with E-state index in [0.29, 0.717) is 22.4 Å². The van der Waals surface area contributed by atoms with E-state index < -0.39 is 0 Å². The lowest BCUT2D eigenvalue weighted by molar-refractivity contribution is 0.102. The zero-order chi connectivity index (χ0) is 15.2. The third-order valence-electron chi connectivity index (χ3n) is 3.06. The number of nitrogens with one attached hydrogen (secondary N) is 1. The van der Waals surface area contributed by atoms with Crippen molar-refractivity contribution in [2.75, 3.05) is 19.5 Å². The summed E-state index contributed by atoms with van der Waals surface area (Å²) in [7, 11) is 3.05. The van der Waals surface area contributed by atoms with Gasteiger partial charge in [0.05, 0.1) is 14.2 Å². The predicted octanol–water partition coefficient (Wildman–Crippen LogP) is 3.85. The van der Waals surface area contributed by atoms with Crippen LogP contribution < -0.4 is 14.8 Å². The fraction of sp³-hybridized carbons (Fsp3) is 0.188. The Balaban J connectivity index is 2.36. The number of hydrogen-bond donors (Lipinski definition) is 1. The van der Waals surface area contributed by atoms with Crippen molar-refractivity contribution in [1.29, 1.82) is 0 Å². The minimum atomic E-state index is -0.266. The Labute approximate surface area is 132 Å². The van der Waals surface area contributed by atoms with Crippen molar-refractivity contribution in [1.82, 2.24) is 0 Å². The quantitative estimate of drug-likeness (QED) is 0.834. The minimum absolute atomic E-state index is 0.266. The van der Waals surface area contributed by atoms with Crippen molar-refractivity contribution < 1.29 is 14.3 Å². The normalized spacial score (nSPS) is 10.0. The van der Waals surface area contributed by atoms with Crippen molar-refractivity contribution in [3.63, 3.8) is 0 Å². The molecule has 0 aliphatic carbocycles. The maximum absolute atomic E-state index is 12.6. The van der Waals surface area contributed by atoms with Gasteiger partial charge in [0.2, 0.25) is 0 Å². The maximum Gasteiger partial charge on any atom is 0.263 e. The first-order valence-corrected chi connectivity index (χ1v) is 7.49. The summed E-state index contributed by atoms with van der Waals surface area (Å²) in [6.45, 7) is 0. The molecule has 4 nitrogen and oxygen atoms in total. The number of benzene rings is 2. The lowest BCUT2D eigenvalue weighted by Crippen LogP contribution is -2.15. The van der Waals surface area contributed by atoms with E-state index >= 15 is 0 Å². The Morgan fingerprint density at radius 2 is 1.67 bits per heavy atom. The molecule has 1 N–H and O–H groups in total. The Hall–Kier alpha value is -2.01. The molecule has 0 aromatic heterocycles. The van der Waals surface area contributed by atoms with Crippen molar-refractivity contribution in [2.45, 2.75) is 5.33 Å². The molecule has 0 fully saturated rings. The molecule has 0 bridgehead atoms. The SMILES string of the molecule is COc1cccc(OC)c1C(=O)Nc1ccccc1CBr. The van der Waals surface area contributed by atoms with Crippen LogP contribution in [-0.4, -0.2) is 20.1 Å². The lowest BCUT2D eigenvalue weighted by Gasteiger charge is -2.14. The molecule has 0 saturated heterocycles. The van der Waals surface area contributed by atoms with Gasteiger partial charge in [-0.2, -0.15) is 0 Å². The summed E-state index contributed by atoms with van der Waals surface area (Å²) < 4.78 is 10.5. The summed E-state index contributed by atoms with van der Waals surface area (Å²) in [6.07, 6.45) is 0. The molecular weight excluding hydrogens is 334 g/mol. The highest BCUT2D eigenvalue weighted by molar-refractivity contribution is 9.08. The van der Waals surface area contributed by atoms with Gasteiger partial charge in [0, 0.05) is 11.0 Å². The van der Waals surface area contributed by atoms with Gasteiger partial charge < -0.3 is 14.8 Å². The van der Waals surface area contributed by atoms with Crippen molar-refractivity contribution >= 4 is 27.5 Å². The van der Waals surface area contributed by atoms with Gasteiger partial charge in [0.1, 0.15) is 17.1 Å². The lowest BCUT2D eigenvalue weighted by atomic mass is 10.1. The average molecular weight is 350 g/mol. The summed E-state index contributed by atoms with van der Waals surface area (Å²) in [6, 6.07) is 12.8. The van der Waals surface area contributed by atoms with E-state index in [1.807, 2.05) is 24.3 Å². The molecule has 0 heterocycles. The molecule has 0 saturated carbocycles. The van der Waals surface area contributed by atoms with Gasteiger partial charge >= 0.3 is 0 Å². The van der Waals surface area contributed by atoms with E-state index in [4.69, 9.17) is 9.47 Å². The number of para-hydroxylation sites is 1. The highest BCUT2D eigenvalue weighted by Crippen LogP contribution is 2.29. The number of methoxy groups -OCH3 is 2. The van der Waals surface area contributed by atoms with Gasteiger partial charge in [-0.1, -0.05) is 40.2 Å². The molecule has 0 aliphatic rings. The first-order valence-electron chi connectivity index (χ1n) is 6.37. The smallest absolute Gasteiger partial charge is 0.263 e. The molecule has 2 rings (SSSR count). The highest BCUT2D eigenvalue weighted by atomic mass is 79.9. The zero-order valence-corrected chi connectivity index (χ0v) is 13.4. The molecule has 2 aromatic carbocycles. The first kappa shape index (κ1) is 15.4. The molecule has 0 aliphatic heterocycles. The van der Waals surface area contributed by atoms with Crippen molar-refractivity contribution in [3.8, 4) is 11.5 Å². The monoisotopic (exact) mass is 349 g/mol. The van der Waals surface area contributed by atoms with Crippen molar-refractivity contribution in [3.05, 3.63) is 53.6 Å². The van der Waals surface area contributed by atoms with Crippen LogP contribution in [0.1, 0.15) is 15.9 Å². The molecule has 0 spiro atoms. The fourth-order valence-corrected chi connectivity index (χ4v) is 2.51. The molecule has 5 heteroatoms. The molecule has 2 aromatic rings. The van der Waals surface area contributed by atoms with Crippen LogP contribution in [0.4, 0.5) is 5.69 Å². The third kappa shape index (κ3) is 3.36. The number of ether oxygens (including phenoxy) is 2. The van der Waals surface area contributed by atoms with E-state index in [0.717, 1.165) is 11.3 Å². The largest absolute Gasteiger partial charge is 0.496 e.